The number of allylic oxidation sites excluding steroid dienone is 11. The second-order valence-electron chi connectivity index (χ2n) is 14.8. The highest BCUT2D eigenvalue weighted by Gasteiger charge is 2.44. The minimum Gasteiger partial charge on any atom is -0.394 e. The van der Waals surface area contributed by atoms with Gasteiger partial charge in [-0.1, -0.05) is 145 Å². The molecule has 1 heterocycles. The summed E-state index contributed by atoms with van der Waals surface area (Å²) in [4.78, 5) is 12.9. The van der Waals surface area contributed by atoms with Crippen LogP contribution in [0.4, 0.5) is 0 Å². The van der Waals surface area contributed by atoms with Gasteiger partial charge in [0.2, 0.25) is 5.91 Å². The largest absolute Gasteiger partial charge is 0.394 e. The van der Waals surface area contributed by atoms with Crippen LogP contribution in [-0.2, 0) is 14.3 Å². The Labute approximate surface area is 334 Å². The average molecular weight is 774 g/mol. The number of aliphatic hydroxyl groups excluding tert-OH is 5. The van der Waals surface area contributed by atoms with E-state index in [2.05, 4.69) is 79.9 Å². The molecule has 6 N–H and O–H groups in total. The maximum Gasteiger partial charge on any atom is 0.220 e. The number of rotatable bonds is 34. The van der Waals surface area contributed by atoms with Gasteiger partial charge in [-0.3, -0.25) is 4.79 Å². The quantitative estimate of drug-likeness (QED) is 0.0281. The van der Waals surface area contributed by atoms with Crippen LogP contribution < -0.4 is 5.32 Å². The van der Waals surface area contributed by atoms with Crippen LogP contribution in [0.15, 0.2) is 72.9 Å². The summed E-state index contributed by atoms with van der Waals surface area (Å²) in [5, 5.41) is 54.0. The minimum atomic E-state index is -1.58. The van der Waals surface area contributed by atoms with E-state index in [0.29, 0.717) is 6.42 Å². The molecule has 0 aliphatic carbocycles. The van der Waals surface area contributed by atoms with E-state index in [-0.39, 0.29) is 12.5 Å². The highest BCUT2D eigenvalue weighted by atomic mass is 16.7. The molecule has 0 aromatic heterocycles. The van der Waals surface area contributed by atoms with Crippen molar-refractivity contribution < 1.29 is 39.8 Å². The molecule has 9 heteroatoms. The van der Waals surface area contributed by atoms with Gasteiger partial charge < -0.3 is 40.3 Å². The van der Waals surface area contributed by atoms with E-state index in [1.165, 1.54) is 38.5 Å². The molecule has 7 atom stereocenters. The number of hydrogen-bond donors (Lipinski definition) is 6. The van der Waals surface area contributed by atoms with Crippen molar-refractivity contribution in [2.24, 2.45) is 0 Å². The number of hydrogen-bond acceptors (Lipinski definition) is 8. The van der Waals surface area contributed by atoms with Gasteiger partial charge >= 0.3 is 0 Å². The summed E-state index contributed by atoms with van der Waals surface area (Å²) in [5.74, 6) is -0.209. The summed E-state index contributed by atoms with van der Waals surface area (Å²) in [7, 11) is 0. The standard InChI is InChI=1S/C46H79NO8/c1-3-5-7-9-11-13-15-16-17-18-19-20-21-22-23-24-26-28-30-32-34-36-42(50)47-39(38-54-46-45(53)44(52)43(51)41(37-48)55-46)40(49)35-33-31-29-27-25-14-12-10-8-6-4-2/h8,10,15-16,18-19,21-22,25,27,33,35,39-41,43-46,48-49,51-53H,3-7,9,11-14,17,20,23-24,26,28-32,34,36-38H2,1-2H3,(H,47,50)/b10-8+,16-15-,19-18-,22-21-,27-25+,35-33+. The SMILES string of the molecule is CCC/C=C/CC/C=C/CC/C=C/C(O)C(COC1OC(CO)C(O)C(O)C1O)NC(=O)CCCCCCCC/C=C\C/C=C\C/C=C\CCCCCCC. The summed E-state index contributed by atoms with van der Waals surface area (Å²) in [5.41, 5.74) is 0. The summed E-state index contributed by atoms with van der Waals surface area (Å²) in [6.07, 6.45) is 40.9. The van der Waals surface area contributed by atoms with Crippen LogP contribution in [0.1, 0.15) is 155 Å². The summed E-state index contributed by atoms with van der Waals surface area (Å²) < 4.78 is 11.1. The van der Waals surface area contributed by atoms with E-state index in [1.807, 2.05) is 6.08 Å². The van der Waals surface area contributed by atoms with Crippen molar-refractivity contribution in [3.05, 3.63) is 72.9 Å². The van der Waals surface area contributed by atoms with Gasteiger partial charge in [0.15, 0.2) is 6.29 Å². The number of aliphatic hydroxyl groups is 5. The van der Waals surface area contributed by atoms with Crippen molar-refractivity contribution in [1.29, 1.82) is 0 Å². The van der Waals surface area contributed by atoms with Crippen molar-refractivity contribution in [2.75, 3.05) is 13.2 Å². The zero-order valence-corrected chi connectivity index (χ0v) is 34.4. The first kappa shape index (κ1) is 50.6. The monoisotopic (exact) mass is 774 g/mol. The molecule has 7 unspecified atom stereocenters. The smallest absolute Gasteiger partial charge is 0.220 e. The van der Waals surface area contributed by atoms with E-state index in [1.54, 1.807) is 6.08 Å². The second-order valence-corrected chi connectivity index (χ2v) is 14.8. The van der Waals surface area contributed by atoms with Crippen molar-refractivity contribution in [2.45, 2.75) is 198 Å². The third-order valence-corrected chi connectivity index (χ3v) is 9.71. The van der Waals surface area contributed by atoms with Crippen molar-refractivity contribution in [1.82, 2.24) is 5.32 Å². The molecule has 55 heavy (non-hydrogen) atoms. The van der Waals surface area contributed by atoms with Crippen LogP contribution in [0.3, 0.4) is 0 Å². The molecule has 1 aliphatic rings. The Morgan fingerprint density at radius 1 is 0.618 bits per heavy atom. The molecule has 0 spiro atoms. The Balaban J connectivity index is 2.38. The average Bonchev–Trinajstić information content (AvgIpc) is 3.18. The number of amides is 1. The minimum absolute atomic E-state index is 0.209. The Hall–Kier alpha value is -2.37. The van der Waals surface area contributed by atoms with Gasteiger partial charge in [-0.05, 0) is 77.0 Å². The van der Waals surface area contributed by atoms with Crippen LogP contribution in [-0.4, -0.2) is 87.5 Å². The fourth-order valence-corrected chi connectivity index (χ4v) is 6.20. The maximum atomic E-state index is 12.9. The van der Waals surface area contributed by atoms with Gasteiger partial charge in [-0.2, -0.15) is 0 Å². The van der Waals surface area contributed by atoms with Crippen LogP contribution in [0.5, 0.6) is 0 Å². The zero-order chi connectivity index (χ0) is 40.2. The second kappa shape index (κ2) is 36.0. The summed E-state index contributed by atoms with van der Waals surface area (Å²) in [6, 6.07) is -0.836. The van der Waals surface area contributed by atoms with Gasteiger partial charge in [0, 0.05) is 6.42 Å². The molecule has 0 aromatic rings. The summed E-state index contributed by atoms with van der Waals surface area (Å²) >= 11 is 0. The van der Waals surface area contributed by atoms with Gasteiger partial charge in [0.25, 0.3) is 0 Å². The van der Waals surface area contributed by atoms with Gasteiger partial charge in [-0.15, -0.1) is 0 Å². The lowest BCUT2D eigenvalue weighted by Gasteiger charge is -2.40. The van der Waals surface area contributed by atoms with Crippen LogP contribution in [0.2, 0.25) is 0 Å². The molecular formula is C46H79NO8. The molecular weight excluding hydrogens is 695 g/mol. The van der Waals surface area contributed by atoms with Crippen LogP contribution in [0, 0.1) is 0 Å². The van der Waals surface area contributed by atoms with Crippen molar-refractivity contribution in [3.8, 4) is 0 Å². The first-order valence-corrected chi connectivity index (χ1v) is 21.7. The lowest BCUT2D eigenvalue weighted by Crippen LogP contribution is -2.60. The number of nitrogens with one attached hydrogen (secondary N) is 1. The lowest BCUT2D eigenvalue weighted by atomic mass is 9.99. The topological polar surface area (TPSA) is 149 Å². The Bertz CT molecular complexity index is 1080. The van der Waals surface area contributed by atoms with E-state index in [4.69, 9.17) is 9.47 Å². The molecule has 9 nitrogen and oxygen atoms in total. The van der Waals surface area contributed by atoms with Gasteiger partial charge in [-0.25, -0.2) is 0 Å². The van der Waals surface area contributed by atoms with E-state index in [0.717, 1.165) is 96.3 Å². The maximum absolute atomic E-state index is 12.9. The first-order valence-electron chi connectivity index (χ1n) is 21.7. The molecule has 0 radical (unpaired) electrons. The number of carbonyl (C=O) groups is 1. The molecule has 0 aromatic carbocycles. The normalized spacial score (nSPS) is 22.1. The van der Waals surface area contributed by atoms with Gasteiger partial charge in [0.1, 0.15) is 24.4 Å². The van der Waals surface area contributed by atoms with Crippen LogP contribution in [0.25, 0.3) is 0 Å². The Kier molecular flexibility index (Phi) is 33.2. The van der Waals surface area contributed by atoms with Crippen molar-refractivity contribution in [3.63, 3.8) is 0 Å². The van der Waals surface area contributed by atoms with Gasteiger partial charge in [0.05, 0.1) is 25.4 Å². The van der Waals surface area contributed by atoms with Crippen molar-refractivity contribution >= 4 is 5.91 Å². The van der Waals surface area contributed by atoms with E-state index < -0.39 is 49.5 Å². The highest BCUT2D eigenvalue weighted by molar-refractivity contribution is 5.76. The predicted octanol–water partition coefficient (Wildman–Crippen LogP) is 8.61. The lowest BCUT2D eigenvalue weighted by molar-refractivity contribution is -0.302. The number of unbranched alkanes of at least 4 members (excludes halogenated alkanes) is 14. The third-order valence-electron chi connectivity index (χ3n) is 9.71. The summed E-state index contributed by atoms with van der Waals surface area (Å²) in [6.45, 7) is 3.63. The fraction of sp³-hybridized carbons (Fsp3) is 0.717. The van der Waals surface area contributed by atoms with E-state index in [9.17, 15) is 30.3 Å². The predicted molar refractivity (Wildman–Crippen MR) is 225 cm³/mol. The number of ether oxygens (including phenoxy) is 2. The molecule has 1 saturated heterocycles. The highest BCUT2D eigenvalue weighted by Crippen LogP contribution is 2.22. The molecule has 0 saturated carbocycles. The molecule has 316 valence electrons. The molecule has 1 fully saturated rings. The zero-order valence-electron chi connectivity index (χ0n) is 34.4. The fourth-order valence-electron chi connectivity index (χ4n) is 6.20. The Morgan fingerprint density at radius 3 is 1.71 bits per heavy atom. The Morgan fingerprint density at radius 2 is 1.13 bits per heavy atom. The third kappa shape index (κ3) is 27.0. The first-order chi connectivity index (χ1) is 26.8. The van der Waals surface area contributed by atoms with E-state index >= 15 is 0 Å². The number of carbonyl (C=O) groups excluding carboxylic acids is 1. The molecule has 1 amide bonds. The molecule has 1 aliphatic heterocycles. The van der Waals surface area contributed by atoms with Crippen LogP contribution >= 0.6 is 0 Å². The molecule has 1 rings (SSSR count). The molecule has 0 bridgehead atoms.